The summed E-state index contributed by atoms with van der Waals surface area (Å²) in [6.07, 6.45) is 1.22. The first-order valence-corrected chi connectivity index (χ1v) is 9.46. The van der Waals surface area contributed by atoms with Crippen LogP contribution in [0.3, 0.4) is 0 Å². The number of amides is 1. The number of nitrogens with one attached hydrogen (secondary N) is 1. The number of aromatic nitrogens is 2. The van der Waals surface area contributed by atoms with Crippen LogP contribution in [0.15, 0.2) is 30.6 Å². The van der Waals surface area contributed by atoms with Crippen LogP contribution >= 0.6 is 22.6 Å². The van der Waals surface area contributed by atoms with Crippen LogP contribution in [-0.2, 0) is 4.74 Å². The van der Waals surface area contributed by atoms with Gasteiger partial charge in [0, 0.05) is 35.4 Å². The van der Waals surface area contributed by atoms with Crippen LogP contribution in [-0.4, -0.2) is 53.7 Å². The van der Waals surface area contributed by atoms with E-state index in [0.717, 1.165) is 9.26 Å². The van der Waals surface area contributed by atoms with E-state index in [2.05, 4.69) is 42.8 Å². The van der Waals surface area contributed by atoms with E-state index in [1.165, 1.54) is 6.33 Å². The molecule has 1 aromatic heterocycles. The maximum Gasteiger partial charge on any atom is 0.409 e. The molecule has 138 valence electrons. The van der Waals surface area contributed by atoms with Gasteiger partial charge in [-0.05, 0) is 53.8 Å². The third-order valence-electron chi connectivity index (χ3n) is 4.08. The average Bonchev–Trinajstić information content (AvgIpc) is 2.66. The SMILES string of the molecule is CCOC(=O)N1CCN(c2ncnc(Nc3ccc(I)cc3)c2N)CC1. The average molecular weight is 468 g/mol. The minimum atomic E-state index is -0.274. The van der Waals surface area contributed by atoms with Crippen molar-refractivity contribution in [3.8, 4) is 0 Å². The molecule has 0 unspecified atom stereocenters. The van der Waals surface area contributed by atoms with Crippen molar-refractivity contribution in [3.05, 3.63) is 34.2 Å². The molecule has 8 nitrogen and oxygen atoms in total. The highest BCUT2D eigenvalue weighted by atomic mass is 127. The predicted octanol–water partition coefficient (Wildman–Crippen LogP) is 2.69. The van der Waals surface area contributed by atoms with Gasteiger partial charge in [0.05, 0.1) is 6.61 Å². The molecule has 2 heterocycles. The molecule has 3 N–H and O–H groups in total. The first kappa shape index (κ1) is 18.5. The predicted molar refractivity (Wildman–Crippen MR) is 110 cm³/mol. The second kappa shape index (κ2) is 8.39. The number of hydrogen-bond acceptors (Lipinski definition) is 7. The highest BCUT2D eigenvalue weighted by molar-refractivity contribution is 14.1. The van der Waals surface area contributed by atoms with Gasteiger partial charge in [0.1, 0.15) is 12.0 Å². The summed E-state index contributed by atoms with van der Waals surface area (Å²) in [4.78, 5) is 24.2. The standard InChI is InChI=1S/C17H21IN6O2/c1-2-26-17(25)24-9-7-23(8-10-24)16-14(19)15(20-11-21-16)22-13-5-3-12(18)4-6-13/h3-6,11H,2,7-10,19H2,1H3,(H,20,21,22). The smallest absolute Gasteiger partial charge is 0.409 e. The highest BCUT2D eigenvalue weighted by Gasteiger charge is 2.24. The number of carbonyl (C=O) groups is 1. The molecule has 0 aliphatic carbocycles. The molecule has 1 aliphatic heterocycles. The lowest BCUT2D eigenvalue weighted by Gasteiger charge is -2.35. The highest BCUT2D eigenvalue weighted by Crippen LogP contribution is 2.29. The van der Waals surface area contributed by atoms with Crippen LogP contribution in [0.4, 0.5) is 27.8 Å². The first-order chi connectivity index (χ1) is 12.6. The van der Waals surface area contributed by atoms with Gasteiger partial charge in [-0.3, -0.25) is 0 Å². The van der Waals surface area contributed by atoms with Crippen LogP contribution in [0.1, 0.15) is 6.92 Å². The maximum absolute atomic E-state index is 11.8. The second-order valence-corrected chi connectivity index (χ2v) is 7.01. The first-order valence-electron chi connectivity index (χ1n) is 8.38. The zero-order chi connectivity index (χ0) is 18.5. The molecule has 0 spiro atoms. The van der Waals surface area contributed by atoms with E-state index < -0.39 is 0 Å². The van der Waals surface area contributed by atoms with Gasteiger partial charge in [0.2, 0.25) is 0 Å². The summed E-state index contributed by atoms with van der Waals surface area (Å²) in [6, 6.07) is 7.97. The number of ether oxygens (including phenoxy) is 1. The number of hydrogen-bond donors (Lipinski definition) is 2. The molecule has 1 fully saturated rings. The minimum absolute atomic E-state index is 0.274. The van der Waals surface area contributed by atoms with Gasteiger partial charge in [-0.1, -0.05) is 0 Å². The van der Waals surface area contributed by atoms with Crippen molar-refractivity contribution in [2.24, 2.45) is 0 Å². The van der Waals surface area contributed by atoms with Crippen LogP contribution in [0.25, 0.3) is 0 Å². The van der Waals surface area contributed by atoms with Crippen molar-refractivity contribution in [1.82, 2.24) is 14.9 Å². The summed E-state index contributed by atoms with van der Waals surface area (Å²) < 4.78 is 6.20. The van der Waals surface area contributed by atoms with E-state index in [0.29, 0.717) is 50.1 Å². The molecule has 1 aromatic carbocycles. The molecule has 0 saturated carbocycles. The molecule has 0 bridgehead atoms. The number of nitrogens with two attached hydrogens (primary N) is 1. The quantitative estimate of drug-likeness (QED) is 0.667. The zero-order valence-corrected chi connectivity index (χ0v) is 16.6. The minimum Gasteiger partial charge on any atom is -0.450 e. The summed E-state index contributed by atoms with van der Waals surface area (Å²) in [5.74, 6) is 1.25. The third kappa shape index (κ3) is 4.26. The van der Waals surface area contributed by atoms with Crippen molar-refractivity contribution >= 4 is 51.7 Å². The molecule has 1 aliphatic rings. The van der Waals surface area contributed by atoms with Crippen molar-refractivity contribution in [2.45, 2.75) is 6.92 Å². The van der Waals surface area contributed by atoms with Crippen molar-refractivity contribution < 1.29 is 9.53 Å². The Morgan fingerprint density at radius 1 is 1.23 bits per heavy atom. The Labute approximate surface area is 165 Å². The van der Waals surface area contributed by atoms with E-state index in [9.17, 15) is 4.79 Å². The number of rotatable bonds is 4. The number of nitrogen functional groups attached to an aromatic ring is 1. The van der Waals surface area contributed by atoms with Crippen LogP contribution in [0, 0.1) is 3.57 Å². The van der Waals surface area contributed by atoms with Crippen LogP contribution in [0.5, 0.6) is 0 Å². The Morgan fingerprint density at radius 2 is 1.92 bits per heavy atom. The Morgan fingerprint density at radius 3 is 2.58 bits per heavy atom. The number of piperazine rings is 1. The van der Waals surface area contributed by atoms with Crippen molar-refractivity contribution in [2.75, 3.05) is 48.7 Å². The van der Waals surface area contributed by atoms with Gasteiger partial charge in [0.25, 0.3) is 0 Å². The fraction of sp³-hybridized carbons (Fsp3) is 0.353. The fourth-order valence-corrected chi connectivity index (χ4v) is 3.08. The van der Waals surface area contributed by atoms with Gasteiger partial charge in [-0.25, -0.2) is 14.8 Å². The Bertz CT molecular complexity index is 762. The molecule has 3 rings (SSSR count). The van der Waals surface area contributed by atoms with Crippen LogP contribution < -0.4 is 16.0 Å². The topological polar surface area (TPSA) is 96.6 Å². The maximum atomic E-state index is 11.8. The summed E-state index contributed by atoms with van der Waals surface area (Å²) in [5, 5.41) is 3.23. The molecular weight excluding hydrogens is 447 g/mol. The number of anilines is 4. The molecule has 0 atom stereocenters. The third-order valence-corrected chi connectivity index (χ3v) is 4.79. The largest absolute Gasteiger partial charge is 0.450 e. The van der Waals surface area contributed by atoms with Gasteiger partial charge < -0.3 is 25.6 Å². The normalized spacial score (nSPS) is 14.2. The number of nitrogens with zero attached hydrogens (tertiary/aromatic N) is 4. The Balaban J connectivity index is 1.70. The Kier molecular flexibility index (Phi) is 5.96. The lowest BCUT2D eigenvalue weighted by atomic mass is 10.3. The monoisotopic (exact) mass is 468 g/mol. The van der Waals surface area contributed by atoms with E-state index in [4.69, 9.17) is 10.5 Å². The summed E-state index contributed by atoms with van der Waals surface area (Å²) >= 11 is 2.26. The van der Waals surface area contributed by atoms with Gasteiger partial charge in [-0.15, -0.1) is 0 Å². The van der Waals surface area contributed by atoms with E-state index >= 15 is 0 Å². The summed E-state index contributed by atoms with van der Waals surface area (Å²) in [7, 11) is 0. The van der Waals surface area contributed by atoms with Gasteiger partial charge >= 0.3 is 6.09 Å². The number of benzene rings is 1. The number of halogens is 1. The van der Waals surface area contributed by atoms with Crippen molar-refractivity contribution in [3.63, 3.8) is 0 Å². The number of carbonyl (C=O) groups excluding carboxylic acids is 1. The lowest BCUT2D eigenvalue weighted by Crippen LogP contribution is -2.49. The van der Waals surface area contributed by atoms with Gasteiger partial charge in [-0.2, -0.15) is 0 Å². The molecule has 26 heavy (non-hydrogen) atoms. The molecule has 1 amide bonds. The Hall–Kier alpha value is -2.30. The van der Waals surface area contributed by atoms with E-state index in [1.54, 1.807) is 11.8 Å². The summed E-state index contributed by atoms with van der Waals surface area (Å²) in [5.41, 5.74) is 7.71. The zero-order valence-electron chi connectivity index (χ0n) is 14.5. The molecule has 9 heteroatoms. The molecule has 0 radical (unpaired) electrons. The van der Waals surface area contributed by atoms with Crippen LogP contribution in [0.2, 0.25) is 0 Å². The van der Waals surface area contributed by atoms with Crippen molar-refractivity contribution in [1.29, 1.82) is 0 Å². The fourth-order valence-electron chi connectivity index (χ4n) is 2.72. The van der Waals surface area contributed by atoms with E-state index in [-0.39, 0.29) is 6.09 Å². The lowest BCUT2D eigenvalue weighted by molar-refractivity contribution is 0.105. The van der Waals surface area contributed by atoms with E-state index in [1.807, 2.05) is 24.3 Å². The summed E-state index contributed by atoms with van der Waals surface area (Å²) in [6.45, 7) is 4.61. The second-order valence-electron chi connectivity index (χ2n) is 5.76. The molecular formula is C17H21IN6O2. The van der Waals surface area contributed by atoms with Gasteiger partial charge in [0.15, 0.2) is 11.6 Å². The molecule has 1 saturated heterocycles. The molecule has 2 aromatic rings.